The molecule has 4 nitrogen and oxygen atoms in total. The Morgan fingerprint density at radius 1 is 1.05 bits per heavy atom. The summed E-state index contributed by atoms with van der Waals surface area (Å²) in [5.41, 5.74) is 3.13. The zero-order valence-corrected chi connectivity index (χ0v) is 14.5. The molecule has 0 aliphatic heterocycles. The molecule has 0 unspecified atom stereocenters. The molecule has 118 valence electrons. The molecule has 0 saturated carbocycles. The summed E-state index contributed by atoms with van der Waals surface area (Å²) < 4.78 is 27.7. The Hall–Kier alpha value is -1.88. The summed E-state index contributed by atoms with van der Waals surface area (Å²) in [6.07, 6.45) is 1.59. The fourth-order valence-electron chi connectivity index (χ4n) is 2.24. The van der Waals surface area contributed by atoms with Crippen molar-refractivity contribution >= 4 is 15.7 Å². The molecular formula is C17H22N2O2S. The Labute approximate surface area is 132 Å². The summed E-state index contributed by atoms with van der Waals surface area (Å²) in [4.78, 5) is 4.36. The molecule has 1 heterocycles. The second kappa shape index (κ2) is 5.72. The molecule has 0 bridgehead atoms. The largest absolute Gasteiger partial charge is 0.280 e. The topological polar surface area (TPSA) is 59.1 Å². The maximum absolute atomic E-state index is 12.6. The lowest BCUT2D eigenvalue weighted by Crippen LogP contribution is -2.16. The van der Waals surface area contributed by atoms with Crippen molar-refractivity contribution in [3.63, 3.8) is 0 Å². The van der Waals surface area contributed by atoms with Crippen molar-refractivity contribution in [2.24, 2.45) is 0 Å². The lowest BCUT2D eigenvalue weighted by atomic mass is 9.86. The van der Waals surface area contributed by atoms with Crippen LogP contribution < -0.4 is 4.72 Å². The number of hydrogen-bond donors (Lipinski definition) is 1. The van der Waals surface area contributed by atoms with Crippen LogP contribution in [0.5, 0.6) is 0 Å². The Morgan fingerprint density at radius 3 is 2.27 bits per heavy atom. The van der Waals surface area contributed by atoms with E-state index in [0.717, 1.165) is 16.8 Å². The van der Waals surface area contributed by atoms with Gasteiger partial charge in [-0.15, -0.1) is 0 Å². The van der Waals surface area contributed by atoms with Crippen molar-refractivity contribution in [1.82, 2.24) is 4.98 Å². The molecular weight excluding hydrogens is 296 g/mol. The van der Waals surface area contributed by atoms with Crippen LogP contribution in [-0.2, 0) is 15.4 Å². The highest BCUT2D eigenvalue weighted by Crippen LogP contribution is 2.27. The lowest BCUT2D eigenvalue weighted by Gasteiger charge is -2.20. The van der Waals surface area contributed by atoms with E-state index in [9.17, 15) is 8.42 Å². The SMILES string of the molecule is Cc1cc(NS(=O)(=O)c2ccc(C(C)(C)C)cc2C)ccn1. The van der Waals surface area contributed by atoms with Crippen molar-refractivity contribution in [3.8, 4) is 0 Å². The molecule has 1 N–H and O–H groups in total. The Kier molecular flexibility index (Phi) is 4.29. The predicted octanol–water partition coefficient (Wildman–Crippen LogP) is 3.80. The fraction of sp³-hybridized carbons (Fsp3) is 0.353. The number of benzene rings is 1. The van der Waals surface area contributed by atoms with Crippen molar-refractivity contribution < 1.29 is 8.42 Å². The Balaban J connectivity index is 2.38. The van der Waals surface area contributed by atoms with Crippen molar-refractivity contribution in [1.29, 1.82) is 0 Å². The van der Waals surface area contributed by atoms with E-state index in [-0.39, 0.29) is 5.41 Å². The third kappa shape index (κ3) is 3.65. The molecule has 0 amide bonds. The summed E-state index contributed by atoms with van der Waals surface area (Å²) in [5.74, 6) is 0. The number of pyridine rings is 1. The van der Waals surface area contributed by atoms with Gasteiger partial charge in [-0.2, -0.15) is 0 Å². The minimum absolute atomic E-state index is 0.0112. The summed E-state index contributed by atoms with van der Waals surface area (Å²) in [6.45, 7) is 9.96. The van der Waals surface area contributed by atoms with E-state index in [1.54, 1.807) is 24.4 Å². The van der Waals surface area contributed by atoms with E-state index in [0.29, 0.717) is 10.6 Å². The summed E-state index contributed by atoms with van der Waals surface area (Å²) in [7, 11) is -3.60. The van der Waals surface area contributed by atoms with Gasteiger partial charge in [0.15, 0.2) is 0 Å². The molecule has 0 radical (unpaired) electrons. The van der Waals surface area contributed by atoms with Crippen LogP contribution in [0, 0.1) is 13.8 Å². The van der Waals surface area contributed by atoms with Crippen LogP contribution in [0.2, 0.25) is 0 Å². The van der Waals surface area contributed by atoms with Gasteiger partial charge in [-0.25, -0.2) is 8.42 Å². The van der Waals surface area contributed by atoms with E-state index in [2.05, 4.69) is 30.5 Å². The molecule has 0 saturated heterocycles. The van der Waals surface area contributed by atoms with Crippen molar-refractivity contribution in [2.45, 2.75) is 44.9 Å². The van der Waals surface area contributed by atoms with Gasteiger partial charge in [-0.3, -0.25) is 9.71 Å². The van der Waals surface area contributed by atoms with Gasteiger partial charge in [0.05, 0.1) is 10.6 Å². The molecule has 0 spiro atoms. The fourth-order valence-corrected chi connectivity index (χ4v) is 3.51. The first-order chi connectivity index (χ1) is 10.1. The third-order valence-electron chi connectivity index (χ3n) is 3.48. The van der Waals surface area contributed by atoms with E-state index >= 15 is 0 Å². The summed E-state index contributed by atoms with van der Waals surface area (Å²) >= 11 is 0. The number of sulfonamides is 1. The van der Waals surface area contributed by atoms with E-state index in [4.69, 9.17) is 0 Å². The minimum atomic E-state index is -3.60. The highest BCUT2D eigenvalue weighted by atomic mass is 32.2. The summed E-state index contributed by atoms with van der Waals surface area (Å²) in [5, 5.41) is 0. The molecule has 1 aromatic carbocycles. The monoisotopic (exact) mass is 318 g/mol. The highest BCUT2D eigenvalue weighted by molar-refractivity contribution is 7.92. The van der Waals surface area contributed by atoms with Crippen LogP contribution in [0.1, 0.15) is 37.6 Å². The number of rotatable bonds is 3. The van der Waals surface area contributed by atoms with E-state index < -0.39 is 10.0 Å². The molecule has 1 aromatic heterocycles. The number of aryl methyl sites for hydroxylation is 2. The first-order valence-corrected chi connectivity index (χ1v) is 8.64. The Bertz CT molecular complexity index is 791. The highest BCUT2D eigenvalue weighted by Gasteiger charge is 2.20. The second-order valence-corrected chi connectivity index (χ2v) is 8.17. The number of anilines is 1. The van der Waals surface area contributed by atoms with Gasteiger partial charge in [0.25, 0.3) is 10.0 Å². The molecule has 0 aliphatic carbocycles. The first-order valence-electron chi connectivity index (χ1n) is 7.16. The zero-order chi connectivity index (χ0) is 16.5. The van der Waals surface area contributed by atoms with Gasteiger partial charge in [-0.05, 0) is 48.6 Å². The second-order valence-electron chi connectivity index (χ2n) is 6.52. The predicted molar refractivity (Wildman–Crippen MR) is 89.7 cm³/mol. The van der Waals surface area contributed by atoms with Gasteiger partial charge < -0.3 is 0 Å². The third-order valence-corrected chi connectivity index (χ3v) is 5.02. The van der Waals surface area contributed by atoms with E-state index in [1.807, 2.05) is 26.0 Å². The molecule has 0 atom stereocenters. The smallest absolute Gasteiger partial charge is 0.262 e. The Morgan fingerprint density at radius 2 is 1.73 bits per heavy atom. The van der Waals surface area contributed by atoms with Crippen LogP contribution in [0.15, 0.2) is 41.4 Å². The average Bonchev–Trinajstić information content (AvgIpc) is 2.36. The van der Waals surface area contributed by atoms with Gasteiger partial charge in [0, 0.05) is 11.9 Å². The average molecular weight is 318 g/mol. The molecule has 2 aromatic rings. The maximum Gasteiger partial charge on any atom is 0.262 e. The molecule has 5 heteroatoms. The van der Waals surface area contributed by atoms with Gasteiger partial charge in [-0.1, -0.05) is 32.9 Å². The number of nitrogens with one attached hydrogen (secondary N) is 1. The minimum Gasteiger partial charge on any atom is -0.280 e. The van der Waals surface area contributed by atoms with Crippen LogP contribution >= 0.6 is 0 Å². The van der Waals surface area contributed by atoms with Crippen LogP contribution in [0.25, 0.3) is 0 Å². The quantitative estimate of drug-likeness (QED) is 0.936. The normalized spacial score (nSPS) is 12.2. The van der Waals surface area contributed by atoms with Crippen LogP contribution in [0.3, 0.4) is 0 Å². The van der Waals surface area contributed by atoms with Crippen LogP contribution in [-0.4, -0.2) is 13.4 Å². The zero-order valence-electron chi connectivity index (χ0n) is 13.6. The van der Waals surface area contributed by atoms with Crippen molar-refractivity contribution in [2.75, 3.05) is 4.72 Å². The number of hydrogen-bond acceptors (Lipinski definition) is 3. The molecule has 22 heavy (non-hydrogen) atoms. The number of aromatic nitrogens is 1. The lowest BCUT2D eigenvalue weighted by molar-refractivity contribution is 0.586. The van der Waals surface area contributed by atoms with Gasteiger partial charge in [0.1, 0.15) is 0 Å². The molecule has 0 fully saturated rings. The standard InChI is InChI=1S/C17H22N2O2S/c1-12-10-14(17(3,4)5)6-7-16(12)22(20,21)19-15-8-9-18-13(2)11-15/h6-11H,1-5H3,(H,18,19). The van der Waals surface area contributed by atoms with Crippen molar-refractivity contribution in [3.05, 3.63) is 53.3 Å². The van der Waals surface area contributed by atoms with E-state index in [1.165, 1.54) is 0 Å². The van der Waals surface area contributed by atoms with Gasteiger partial charge >= 0.3 is 0 Å². The molecule has 0 aliphatic rings. The maximum atomic E-state index is 12.6. The van der Waals surface area contributed by atoms with Gasteiger partial charge in [0.2, 0.25) is 0 Å². The first kappa shape index (κ1) is 16.5. The summed E-state index contributed by atoms with van der Waals surface area (Å²) in [6, 6.07) is 8.83. The molecule has 2 rings (SSSR count). The van der Waals surface area contributed by atoms with Crippen LogP contribution in [0.4, 0.5) is 5.69 Å². The number of nitrogens with zero attached hydrogens (tertiary/aromatic N) is 1.